The molecule has 0 fully saturated rings. The van der Waals surface area contributed by atoms with Gasteiger partial charge in [-0.3, -0.25) is 0 Å². The lowest BCUT2D eigenvalue weighted by atomic mass is 9.91. The molecule has 0 bridgehead atoms. The van der Waals surface area contributed by atoms with Crippen molar-refractivity contribution in [2.75, 3.05) is 5.73 Å². The molecule has 102 valence electrons. The lowest BCUT2D eigenvalue weighted by Crippen LogP contribution is -2.06. The number of nitrogens with two attached hydrogens (primary N) is 1. The highest BCUT2D eigenvalue weighted by Gasteiger charge is 2.15. The zero-order chi connectivity index (χ0) is 14.5. The molecule has 3 heteroatoms. The van der Waals surface area contributed by atoms with E-state index in [0.29, 0.717) is 5.69 Å². The second-order valence-corrected chi connectivity index (χ2v) is 4.93. The van der Waals surface area contributed by atoms with Crippen molar-refractivity contribution in [3.8, 4) is 11.8 Å². The van der Waals surface area contributed by atoms with E-state index < -0.39 is 0 Å². The average molecular weight is 266 g/mol. The van der Waals surface area contributed by atoms with Crippen molar-refractivity contribution in [2.45, 2.75) is 25.9 Å². The maximum absolute atomic E-state index is 9.44. The number of hydrogen-bond acceptors (Lipinski definition) is 3. The van der Waals surface area contributed by atoms with Crippen LogP contribution in [0.2, 0.25) is 0 Å². The largest absolute Gasteiger partial charge is 0.491 e. The van der Waals surface area contributed by atoms with Gasteiger partial charge in [-0.25, -0.2) is 0 Å². The van der Waals surface area contributed by atoms with Gasteiger partial charge in [-0.05, 0) is 43.2 Å². The number of benzene rings is 2. The summed E-state index contributed by atoms with van der Waals surface area (Å²) in [5.74, 6) is 0.450. The van der Waals surface area contributed by atoms with E-state index in [9.17, 15) is 5.26 Å². The van der Waals surface area contributed by atoms with Crippen molar-refractivity contribution in [3.63, 3.8) is 0 Å². The Hall–Kier alpha value is -2.47. The first-order valence-corrected chi connectivity index (χ1v) is 6.62. The summed E-state index contributed by atoms with van der Waals surface area (Å²) in [6.45, 7) is 3.97. The topological polar surface area (TPSA) is 59.0 Å². The molecule has 1 atom stereocenters. The summed E-state index contributed by atoms with van der Waals surface area (Å²) in [4.78, 5) is 0. The van der Waals surface area contributed by atoms with Crippen LogP contribution in [0, 0.1) is 11.3 Å². The van der Waals surface area contributed by atoms with E-state index in [1.807, 2.05) is 62.4 Å². The molecule has 0 aliphatic heterocycles. The normalized spacial score (nSPS) is 11.9. The third-order valence-electron chi connectivity index (χ3n) is 3.02. The maximum Gasteiger partial charge on any atom is 0.119 e. The SMILES string of the molecule is CC(C)Oc1ccc(C(C#N)c2ccccc2N)cc1. The molecule has 0 saturated carbocycles. The monoisotopic (exact) mass is 266 g/mol. The molecule has 0 aliphatic rings. The summed E-state index contributed by atoms with van der Waals surface area (Å²) in [5.41, 5.74) is 8.35. The number of nitrogen functional groups attached to an aromatic ring is 1. The summed E-state index contributed by atoms with van der Waals surface area (Å²) in [6, 6.07) is 17.4. The van der Waals surface area contributed by atoms with Crippen LogP contribution in [-0.4, -0.2) is 6.10 Å². The van der Waals surface area contributed by atoms with E-state index in [4.69, 9.17) is 10.5 Å². The Labute approximate surface area is 119 Å². The minimum atomic E-state index is -0.357. The molecule has 0 aliphatic carbocycles. The highest BCUT2D eigenvalue weighted by atomic mass is 16.5. The molecular weight excluding hydrogens is 248 g/mol. The highest BCUT2D eigenvalue weighted by Crippen LogP contribution is 2.29. The van der Waals surface area contributed by atoms with Crippen LogP contribution in [0.4, 0.5) is 5.69 Å². The Kier molecular flexibility index (Phi) is 4.27. The van der Waals surface area contributed by atoms with E-state index in [-0.39, 0.29) is 12.0 Å². The highest BCUT2D eigenvalue weighted by molar-refractivity contribution is 5.54. The predicted molar refractivity (Wildman–Crippen MR) is 80.5 cm³/mol. The van der Waals surface area contributed by atoms with E-state index in [2.05, 4.69) is 6.07 Å². The van der Waals surface area contributed by atoms with Gasteiger partial charge in [-0.15, -0.1) is 0 Å². The van der Waals surface area contributed by atoms with Gasteiger partial charge in [-0.1, -0.05) is 30.3 Å². The zero-order valence-electron chi connectivity index (χ0n) is 11.7. The van der Waals surface area contributed by atoms with E-state index in [1.54, 1.807) is 0 Å². The molecule has 20 heavy (non-hydrogen) atoms. The van der Waals surface area contributed by atoms with Gasteiger partial charge in [0.2, 0.25) is 0 Å². The van der Waals surface area contributed by atoms with Gasteiger partial charge in [0, 0.05) is 5.69 Å². The minimum Gasteiger partial charge on any atom is -0.491 e. The van der Waals surface area contributed by atoms with Crippen molar-refractivity contribution in [1.29, 1.82) is 5.26 Å². The van der Waals surface area contributed by atoms with E-state index in [1.165, 1.54) is 0 Å². The number of anilines is 1. The Balaban J connectivity index is 2.29. The second kappa shape index (κ2) is 6.12. The maximum atomic E-state index is 9.44. The molecule has 0 heterocycles. The van der Waals surface area contributed by atoms with Gasteiger partial charge >= 0.3 is 0 Å². The number of nitriles is 1. The molecule has 0 spiro atoms. The van der Waals surface area contributed by atoms with Crippen molar-refractivity contribution < 1.29 is 4.74 Å². The molecule has 2 aromatic rings. The number of rotatable bonds is 4. The Morgan fingerprint density at radius 1 is 1.05 bits per heavy atom. The summed E-state index contributed by atoms with van der Waals surface area (Å²) in [7, 11) is 0. The molecule has 2 N–H and O–H groups in total. The predicted octanol–water partition coefficient (Wildman–Crippen LogP) is 3.71. The fourth-order valence-corrected chi connectivity index (χ4v) is 2.11. The number of hydrogen-bond donors (Lipinski definition) is 1. The van der Waals surface area contributed by atoms with Crippen LogP contribution in [0.1, 0.15) is 30.9 Å². The third-order valence-corrected chi connectivity index (χ3v) is 3.02. The number of para-hydroxylation sites is 1. The fraction of sp³-hybridized carbons (Fsp3) is 0.235. The number of ether oxygens (including phenoxy) is 1. The van der Waals surface area contributed by atoms with Gasteiger partial charge in [0.05, 0.1) is 18.1 Å². The van der Waals surface area contributed by atoms with Gasteiger partial charge in [0.25, 0.3) is 0 Å². The van der Waals surface area contributed by atoms with Crippen LogP contribution in [0.15, 0.2) is 48.5 Å². The average Bonchev–Trinajstić information content (AvgIpc) is 2.43. The van der Waals surface area contributed by atoms with Crippen molar-refractivity contribution in [3.05, 3.63) is 59.7 Å². The van der Waals surface area contributed by atoms with Crippen molar-refractivity contribution >= 4 is 5.69 Å². The quantitative estimate of drug-likeness (QED) is 0.858. The summed E-state index contributed by atoms with van der Waals surface area (Å²) in [6.07, 6.45) is 0.136. The third kappa shape index (κ3) is 3.10. The fourth-order valence-electron chi connectivity index (χ4n) is 2.11. The van der Waals surface area contributed by atoms with Gasteiger partial charge < -0.3 is 10.5 Å². The van der Waals surface area contributed by atoms with Crippen LogP contribution in [0.5, 0.6) is 5.75 Å². The van der Waals surface area contributed by atoms with Gasteiger partial charge in [-0.2, -0.15) is 5.26 Å². The second-order valence-electron chi connectivity index (χ2n) is 4.93. The molecule has 0 amide bonds. The van der Waals surface area contributed by atoms with Gasteiger partial charge in [0.1, 0.15) is 5.75 Å². The van der Waals surface area contributed by atoms with Crippen LogP contribution < -0.4 is 10.5 Å². The number of nitrogens with zero attached hydrogens (tertiary/aromatic N) is 1. The van der Waals surface area contributed by atoms with Crippen molar-refractivity contribution in [1.82, 2.24) is 0 Å². The molecular formula is C17H18N2O. The van der Waals surface area contributed by atoms with Crippen LogP contribution in [0.25, 0.3) is 0 Å². The standard InChI is InChI=1S/C17H18N2O/c1-12(2)20-14-9-7-13(8-10-14)16(11-18)15-5-3-4-6-17(15)19/h3-10,12,16H,19H2,1-2H3. The Morgan fingerprint density at radius 3 is 2.25 bits per heavy atom. The molecule has 1 unspecified atom stereocenters. The molecule has 2 aromatic carbocycles. The van der Waals surface area contributed by atoms with Crippen LogP contribution in [-0.2, 0) is 0 Å². The van der Waals surface area contributed by atoms with E-state index in [0.717, 1.165) is 16.9 Å². The zero-order valence-corrected chi connectivity index (χ0v) is 11.7. The Bertz CT molecular complexity index is 612. The molecule has 2 rings (SSSR count). The first-order chi connectivity index (χ1) is 9.61. The first-order valence-electron chi connectivity index (χ1n) is 6.62. The summed E-state index contributed by atoms with van der Waals surface area (Å²) in [5, 5.41) is 9.44. The summed E-state index contributed by atoms with van der Waals surface area (Å²) >= 11 is 0. The lowest BCUT2D eigenvalue weighted by molar-refractivity contribution is 0.242. The summed E-state index contributed by atoms with van der Waals surface area (Å²) < 4.78 is 5.60. The molecule has 3 nitrogen and oxygen atoms in total. The Morgan fingerprint density at radius 2 is 1.70 bits per heavy atom. The molecule has 0 radical (unpaired) electrons. The molecule has 0 aromatic heterocycles. The minimum absolute atomic E-state index is 0.136. The lowest BCUT2D eigenvalue weighted by Gasteiger charge is -2.14. The molecule has 0 saturated heterocycles. The van der Waals surface area contributed by atoms with Crippen LogP contribution in [0.3, 0.4) is 0 Å². The van der Waals surface area contributed by atoms with Crippen LogP contribution >= 0.6 is 0 Å². The van der Waals surface area contributed by atoms with E-state index >= 15 is 0 Å². The van der Waals surface area contributed by atoms with Gasteiger partial charge in [0.15, 0.2) is 0 Å². The first kappa shape index (κ1) is 14.0. The smallest absolute Gasteiger partial charge is 0.119 e. The van der Waals surface area contributed by atoms with Crippen molar-refractivity contribution in [2.24, 2.45) is 0 Å².